The Morgan fingerprint density at radius 1 is 0.275 bits per heavy atom. The molecule has 236 valence electrons. The number of rotatable bonds is 3. The third kappa shape index (κ3) is 4.09. The van der Waals surface area contributed by atoms with Gasteiger partial charge in [-0.3, -0.25) is 0 Å². The molecular formula is C50H30O. The Hall–Kier alpha value is -6.70. The van der Waals surface area contributed by atoms with E-state index in [2.05, 4.69) is 0 Å². The van der Waals surface area contributed by atoms with Gasteiger partial charge in [-0.1, -0.05) is 169 Å². The number of hydrogen-bond donors (Lipinski definition) is 0. The van der Waals surface area contributed by atoms with E-state index in [-0.39, 0.29) is 0 Å². The Morgan fingerprint density at radius 2 is 0.725 bits per heavy atom. The third-order valence-electron chi connectivity index (χ3n) is 8.70. The number of furan rings is 1. The van der Waals surface area contributed by atoms with Gasteiger partial charge in [-0.2, -0.15) is 0 Å². The van der Waals surface area contributed by atoms with Crippen LogP contribution in [0.25, 0.3) is 109 Å². The van der Waals surface area contributed by atoms with Crippen molar-refractivity contribution >= 4 is 75.8 Å². The first kappa shape index (κ1) is 11.7. The zero-order chi connectivity index (χ0) is 59.6. The number of hydrogen-bond acceptors (Lipinski definition) is 1. The molecule has 0 amide bonds. The summed E-state index contributed by atoms with van der Waals surface area (Å²) in [6.07, 6.45) is 0. The Morgan fingerprint density at radius 3 is 1.41 bits per heavy atom. The van der Waals surface area contributed by atoms with Crippen molar-refractivity contribution in [1.29, 1.82) is 0 Å². The quantitative estimate of drug-likeness (QED) is 0.170. The minimum Gasteiger partial charge on any atom is -0.456 e. The molecule has 1 nitrogen and oxygen atoms in total. The minimum absolute atomic E-state index is 0.538. The highest BCUT2D eigenvalue weighted by molar-refractivity contribution is 6.28. The SMILES string of the molecule is [2H]c1c([2H])c(-c2c(-c3c4c([2H])c([2H])c([2H])c([2H])c4c(-c4c([2H])c([2H])c([2H])c5c([2H])c([2H])c([2H])c([2H])c45)c4c([2H])c([2H])c([2H])c([2H])c34)c([2H])c([2H])c3c([2H])c([2H])c([2H])c([2H])c23)c2c(oc3c([2H])c([2H])c4c([2H])c([2H])c([2H])c([2H])c4c32)c1[2H]. The van der Waals surface area contributed by atoms with Crippen LogP contribution in [-0.2, 0) is 0 Å². The molecule has 0 saturated heterocycles. The monoisotopic (exact) mass is 676 g/mol. The lowest BCUT2D eigenvalue weighted by Crippen LogP contribution is -1.94. The topological polar surface area (TPSA) is 13.1 Å². The summed E-state index contributed by atoms with van der Waals surface area (Å²) >= 11 is 0. The second-order valence-electron chi connectivity index (χ2n) is 11.3. The van der Waals surface area contributed by atoms with Gasteiger partial charge in [-0.25, -0.2) is 0 Å². The maximum atomic E-state index is 10.1. The van der Waals surface area contributed by atoms with Crippen molar-refractivity contribution in [3.8, 4) is 33.4 Å². The van der Waals surface area contributed by atoms with Crippen LogP contribution in [0.2, 0.25) is 0 Å². The summed E-state index contributed by atoms with van der Waals surface area (Å²) in [6, 6.07) is -29.8. The minimum atomic E-state index is -1.16. The lowest BCUT2D eigenvalue weighted by molar-refractivity contribution is 0.669. The van der Waals surface area contributed by atoms with E-state index >= 15 is 0 Å². The Labute approximate surface area is 336 Å². The standard InChI is InChI=1S/C50H30O/c1-4-17-34-31(13-1)16-11-24-37(34)47-38-20-7-9-22-40(38)48(41-23-10-8-21-39(41)47)43-29-27-32-14-2-5-18-35(32)46(43)42-25-12-26-44-50(42)49-36-19-6-3-15-33(36)28-30-45(49)51-44/h1-30H/i1D,2D,3D,4D,5D,6D,7D,8D,9D,10D,11D,12D,13D,14D,15D,16D,17D,18D,19D,20D,21D,22D,23D,24D,25D,26D,27D,28D,29D,30D. The second-order valence-corrected chi connectivity index (χ2v) is 11.3. The average molecular weight is 677 g/mol. The molecule has 0 spiro atoms. The van der Waals surface area contributed by atoms with Crippen molar-refractivity contribution in [2.45, 2.75) is 0 Å². The lowest BCUT2D eigenvalue weighted by Gasteiger charge is -2.21. The highest BCUT2D eigenvalue weighted by atomic mass is 16.3. The summed E-state index contributed by atoms with van der Waals surface area (Å²) in [4.78, 5) is 0. The van der Waals surface area contributed by atoms with E-state index in [0.717, 1.165) is 0 Å². The van der Waals surface area contributed by atoms with E-state index in [0.29, 0.717) is 0 Å². The summed E-state index contributed by atoms with van der Waals surface area (Å²) in [5.41, 5.74) is -6.49. The van der Waals surface area contributed by atoms with E-state index in [1.807, 2.05) is 0 Å². The molecule has 0 aliphatic carbocycles. The van der Waals surface area contributed by atoms with Gasteiger partial charge in [0, 0.05) is 10.8 Å². The molecule has 10 aromatic carbocycles. The van der Waals surface area contributed by atoms with Crippen LogP contribution in [0.4, 0.5) is 0 Å². The molecule has 0 bridgehead atoms. The largest absolute Gasteiger partial charge is 0.456 e. The van der Waals surface area contributed by atoms with Crippen LogP contribution < -0.4 is 0 Å². The summed E-state index contributed by atoms with van der Waals surface area (Å²) in [5, 5.41) is -8.70. The molecule has 0 radical (unpaired) electrons. The molecule has 0 unspecified atom stereocenters. The summed E-state index contributed by atoms with van der Waals surface area (Å²) in [6.45, 7) is 0. The maximum absolute atomic E-state index is 10.1. The molecule has 1 heterocycles. The van der Waals surface area contributed by atoms with Gasteiger partial charge in [0.1, 0.15) is 11.2 Å². The van der Waals surface area contributed by atoms with Gasteiger partial charge < -0.3 is 4.42 Å². The smallest absolute Gasteiger partial charge is 0.136 e. The molecule has 0 aliphatic rings. The van der Waals surface area contributed by atoms with Gasteiger partial charge >= 0.3 is 0 Å². The first-order valence-corrected chi connectivity index (χ1v) is 15.2. The van der Waals surface area contributed by atoms with E-state index in [9.17, 15) is 19.2 Å². The zero-order valence-electron chi connectivity index (χ0n) is 55.4. The van der Waals surface area contributed by atoms with E-state index < -0.39 is 290 Å². The highest BCUT2D eigenvalue weighted by Gasteiger charge is 2.23. The molecule has 1 heteroatoms. The van der Waals surface area contributed by atoms with Crippen molar-refractivity contribution in [3.05, 3.63) is 181 Å². The van der Waals surface area contributed by atoms with Crippen LogP contribution >= 0.6 is 0 Å². The Balaban J connectivity index is 1.57. The first-order chi connectivity index (χ1) is 37.8. The van der Waals surface area contributed by atoms with Crippen molar-refractivity contribution in [3.63, 3.8) is 0 Å². The summed E-state index contributed by atoms with van der Waals surface area (Å²) in [7, 11) is 0. The predicted molar refractivity (Wildman–Crippen MR) is 218 cm³/mol. The van der Waals surface area contributed by atoms with Crippen LogP contribution in [0, 0.1) is 0 Å². The van der Waals surface area contributed by atoms with Gasteiger partial charge in [0.25, 0.3) is 0 Å². The maximum Gasteiger partial charge on any atom is 0.136 e. The van der Waals surface area contributed by atoms with Gasteiger partial charge in [-0.15, -0.1) is 0 Å². The van der Waals surface area contributed by atoms with Crippen LogP contribution in [0.1, 0.15) is 41.1 Å². The molecule has 11 aromatic rings. The van der Waals surface area contributed by atoms with Crippen molar-refractivity contribution in [2.24, 2.45) is 0 Å². The fraction of sp³-hybridized carbons (Fsp3) is 0. The van der Waals surface area contributed by atoms with Gasteiger partial charge in [-0.05, 0) is 99.3 Å². The van der Waals surface area contributed by atoms with Crippen molar-refractivity contribution < 1.29 is 45.5 Å². The molecule has 0 N–H and O–H groups in total. The summed E-state index contributed by atoms with van der Waals surface area (Å²) in [5.74, 6) is 0. The number of fused-ring (bicyclic) bond motifs is 9. The number of benzene rings is 10. The highest BCUT2D eigenvalue weighted by Crippen LogP contribution is 2.50. The van der Waals surface area contributed by atoms with Crippen LogP contribution in [0.15, 0.2) is 186 Å². The van der Waals surface area contributed by atoms with Gasteiger partial charge in [0.15, 0.2) is 0 Å². The van der Waals surface area contributed by atoms with E-state index in [1.54, 1.807) is 0 Å². The summed E-state index contributed by atoms with van der Waals surface area (Å²) < 4.78 is 282. The fourth-order valence-electron chi connectivity index (χ4n) is 6.67. The molecule has 0 atom stereocenters. The molecule has 0 fully saturated rings. The van der Waals surface area contributed by atoms with Crippen LogP contribution in [0.5, 0.6) is 0 Å². The lowest BCUT2D eigenvalue weighted by atomic mass is 9.81. The van der Waals surface area contributed by atoms with E-state index in [4.69, 9.17) is 26.3 Å². The van der Waals surface area contributed by atoms with Crippen LogP contribution in [-0.4, -0.2) is 0 Å². The normalized spacial score (nSPS) is 20.2. The molecule has 0 aliphatic heterocycles. The van der Waals surface area contributed by atoms with Crippen molar-refractivity contribution in [1.82, 2.24) is 0 Å². The zero-order valence-corrected chi connectivity index (χ0v) is 25.4. The molecule has 0 saturated carbocycles. The van der Waals surface area contributed by atoms with Crippen LogP contribution in [0.3, 0.4) is 0 Å². The first-order valence-electron chi connectivity index (χ1n) is 30.2. The van der Waals surface area contributed by atoms with Gasteiger partial charge in [0.2, 0.25) is 0 Å². The Bertz CT molecular complexity index is 4840. The molecule has 1 aromatic heterocycles. The Kier molecular flexibility index (Phi) is 2.50. The fourth-order valence-corrected chi connectivity index (χ4v) is 6.67. The molecule has 11 rings (SSSR count). The third-order valence-corrected chi connectivity index (χ3v) is 8.70. The van der Waals surface area contributed by atoms with Crippen molar-refractivity contribution in [2.75, 3.05) is 0 Å². The molecule has 51 heavy (non-hydrogen) atoms. The average Bonchev–Trinajstić information content (AvgIpc) is 2.37. The van der Waals surface area contributed by atoms with Gasteiger partial charge in [0.05, 0.1) is 41.1 Å². The van der Waals surface area contributed by atoms with E-state index in [1.165, 1.54) is 0 Å². The second kappa shape index (κ2) is 10.9. The molecular weight excluding hydrogens is 617 g/mol. The predicted octanol–water partition coefficient (Wildman–Crippen LogP) is 14.4.